The number of benzene rings is 2. The van der Waals surface area contributed by atoms with Crippen molar-refractivity contribution in [2.24, 2.45) is 0 Å². The number of thiophene rings is 1. The van der Waals surface area contributed by atoms with Crippen LogP contribution in [0.15, 0.2) is 60.0 Å². The maximum atomic E-state index is 12.5. The zero-order chi connectivity index (χ0) is 18.5. The van der Waals surface area contributed by atoms with E-state index in [0.717, 1.165) is 10.4 Å². The molecule has 2 aromatic carbocycles. The number of carbonyl (C=O) groups excluding carboxylic acids is 1. The van der Waals surface area contributed by atoms with Gasteiger partial charge in [0.05, 0.1) is 9.80 Å². The highest BCUT2D eigenvalue weighted by Gasteiger charge is 2.17. The van der Waals surface area contributed by atoms with Crippen molar-refractivity contribution in [1.82, 2.24) is 0 Å². The van der Waals surface area contributed by atoms with Crippen molar-refractivity contribution in [2.45, 2.75) is 6.92 Å². The Kier molecular flexibility index (Phi) is 5.11. The van der Waals surface area contributed by atoms with Gasteiger partial charge in [0.2, 0.25) is 0 Å². The van der Waals surface area contributed by atoms with Crippen LogP contribution in [0, 0.1) is 28.9 Å². The van der Waals surface area contributed by atoms with E-state index in [9.17, 15) is 14.9 Å². The standard InChI is InChI=1S/C20H14N2O3S/c1-14-18(8-3-9-19(14)22(24)25)20(23)21-16-6-2-5-15(13-16)10-11-17-7-4-12-26-17/h2-9,12-13H,1H3,(H,21,23). The predicted octanol–water partition coefficient (Wildman–Crippen LogP) is 4.62. The number of nitro groups is 1. The fourth-order valence-electron chi connectivity index (χ4n) is 2.42. The minimum Gasteiger partial charge on any atom is -0.322 e. The molecule has 0 aliphatic rings. The maximum Gasteiger partial charge on any atom is 0.273 e. The molecule has 0 radical (unpaired) electrons. The van der Waals surface area contributed by atoms with Gasteiger partial charge in [-0.1, -0.05) is 30.0 Å². The second-order valence-electron chi connectivity index (χ2n) is 5.47. The predicted molar refractivity (Wildman–Crippen MR) is 103 cm³/mol. The van der Waals surface area contributed by atoms with Crippen LogP contribution in [0.25, 0.3) is 0 Å². The van der Waals surface area contributed by atoms with Crippen molar-refractivity contribution in [2.75, 3.05) is 5.32 Å². The van der Waals surface area contributed by atoms with Gasteiger partial charge in [0.15, 0.2) is 0 Å². The van der Waals surface area contributed by atoms with E-state index in [1.807, 2.05) is 23.6 Å². The quantitative estimate of drug-likeness (QED) is 0.420. The molecule has 1 amide bonds. The van der Waals surface area contributed by atoms with Gasteiger partial charge in [0, 0.05) is 28.4 Å². The molecule has 1 heterocycles. The first kappa shape index (κ1) is 17.4. The van der Waals surface area contributed by atoms with Crippen molar-refractivity contribution in [3.05, 3.63) is 91.7 Å². The average Bonchev–Trinajstić information content (AvgIpc) is 3.13. The van der Waals surface area contributed by atoms with Crippen LogP contribution in [0.5, 0.6) is 0 Å². The van der Waals surface area contributed by atoms with Crippen LogP contribution >= 0.6 is 11.3 Å². The molecule has 0 saturated heterocycles. The molecule has 0 fully saturated rings. The van der Waals surface area contributed by atoms with Gasteiger partial charge in [0.25, 0.3) is 11.6 Å². The van der Waals surface area contributed by atoms with Gasteiger partial charge in [-0.3, -0.25) is 14.9 Å². The molecule has 0 bridgehead atoms. The Morgan fingerprint density at radius 2 is 1.92 bits per heavy atom. The molecule has 0 aliphatic carbocycles. The van der Waals surface area contributed by atoms with Crippen molar-refractivity contribution < 1.29 is 9.72 Å². The highest BCUT2D eigenvalue weighted by molar-refractivity contribution is 7.10. The van der Waals surface area contributed by atoms with Crippen molar-refractivity contribution in [3.8, 4) is 11.8 Å². The van der Waals surface area contributed by atoms with Gasteiger partial charge in [-0.05, 0) is 42.6 Å². The van der Waals surface area contributed by atoms with Crippen LogP contribution in [0.4, 0.5) is 11.4 Å². The molecule has 5 nitrogen and oxygen atoms in total. The molecular weight excluding hydrogens is 348 g/mol. The molecule has 3 rings (SSSR count). The number of nitro benzene ring substituents is 1. The van der Waals surface area contributed by atoms with Gasteiger partial charge in [-0.2, -0.15) is 0 Å². The highest BCUT2D eigenvalue weighted by atomic mass is 32.1. The number of nitrogens with zero attached hydrogens (tertiary/aromatic N) is 1. The Hall–Kier alpha value is -3.43. The third-order valence-electron chi connectivity index (χ3n) is 3.72. The van der Waals surface area contributed by atoms with Crippen LogP contribution in [0.2, 0.25) is 0 Å². The first-order chi connectivity index (χ1) is 12.5. The number of hydrogen-bond acceptors (Lipinski definition) is 4. The Bertz CT molecular complexity index is 1030. The minimum atomic E-state index is -0.493. The Labute approximate surface area is 154 Å². The Morgan fingerprint density at radius 1 is 1.12 bits per heavy atom. The van der Waals surface area contributed by atoms with Crippen molar-refractivity contribution in [1.29, 1.82) is 0 Å². The number of rotatable bonds is 3. The number of amides is 1. The summed E-state index contributed by atoms with van der Waals surface area (Å²) in [6.07, 6.45) is 0. The summed E-state index contributed by atoms with van der Waals surface area (Å²) >= 11 is 1.56. The molecular formula is C20H14N2O3S. The Morgan fingerprint density at radius 3 is 2.65 bits per heavy atom. The number of nitrogens with one attached hydrogen (secondary N) is 1. The summed E-state index contributed by atoms with van der Waals surface area (Å²) in [5, 5.41) is 15.8. The van der Waals surface area contributed by atoms with E-state index in [2.05, 4.69) is 17.2 Å². The van der Waals surface area contributed by atoms with E-state index in [4.69, 9.17) is 0 Å². The lowest BCUT2D eigenvalue weighted by Gasteiger charge is -2.08. The average molecular weight is 362 g/mol. The second kappa shape index (κ2) is 7.64. The largest absolute Gasteiger partial charge is 0.322 e. The van der Waals surface area contributed by atoms with E-state index >= 15 is 0 Å². The van der Waals surface area contributed by atoms with Crippen LogP contribution in [-0.4, -0.2) is 10.8 Å². The normalized spacial score (nSPS) is 9.88. The van der Waals surface area contributed by atoms with Crippen LogP contribution in [0.1, 0.15) is 26.4 Å². The summed E-state index contributed by atoms with van der Waals surface area (Å²) in [5.41, 5.74) is 1.89. The molecule has 6 heteroatoms. The molecule has 0 atom stereocenters. The van der Waals surface area contributed by atoms with E-state index in [1.54, 1.807) is 42.5 Å². The summed E-state index contributed by atoms with van der Waals surface area (Å²) < 4.78 is 0. The molecule has 0 aliphatic heterocycles. The number of hydrogen-bond donors (Lipinski definition) is 1. The van der Waals surface area contributed by atoms with Gasteiger partial charge in [-0.15, -0.1) is 11.3 Å². The lowest BCUT2D eigenvalue weighted by Crippen LogP contribution is -2.14. The van der Waals surface area contributed by atoms with E-state index in [1.165, 1.54) is 12.1 Å². The summed E-state index contributed by atoms with van der Waals surface area (Å²) in [5.74, 6) is 5.72. The molecule has 0 saturated carbocycles. The van der Waals surface area contributed by atoms with Gasteiger partial charge < -0.3 is 5.32 Å². The third kappa shape index (κ3) is 3.97. The van der Waals surface area contributed by atoms with Gasteiger partial charge >= 0.3 is 0 Å². The van der Waals surface area contributed by atoms with E-state index in [0.29, 0.717) is 11.3 Å². The van der Waals surface area contributed by atoms with E-state index in [-0.39, 0.29) is 11.3 Å². The van der Waals surface area contributed by atoms with Crippen molar-refractivity contribution >= 4 is 28.6 Å². The van der Waals surface area contributed by atoms with Gasteiger partial charge in [0.1, 0.15) is 0 Å². The summed E-state index contributed by atoms with van der Waals surface area (Å²) in [4.78, 5) is 24.0. The minimum absolute atomic E-state index is 0.0757. The first-order valence-electron chi connectivity index (χ1n) is 7.75. The first-order valence-corrected chi connectivity index (χ1v) is 8.63. The highest BCUT2D eigenvalue weighted by Crippen LogP contribution is 2.22. The molecule has 3 aromatic rings. The summed E-state index contributed by atoms with van der Waals surface area (Å²) in [7, 11) is 0. The lowest BCUT2D eigenvalue weighted by molar-refractivity contribution is -0.385. The third-order valence-corrected chi connectivity index (χ3v) is 4.50. The molecule has 26 heavy (non-hydrogen) atoms. The fourth-order valence-corrected chi connectivity index (χ4v) is 2.99. The van der Waals surface area contributed by atoms with Crippen LogP contribution in [0.3, 0.4) is 0 Å². The summed E-state index contributed by atoms with van der Waals surface area (Å²) in [6.45, 7) is 1.57. The molecule has 1 aromatic heterocycles. The van der Waals surface area contributed by atoms with Gasteiger partial charge in [-0.25, -0.2) is 0 Å². The fraction of sp³-hybridized carbons (Fsp3) is 0.0500. The zero-order valence-corrected chi connectivity index (χ0v) is 14.7. The molecule has 0 unspecified atom stereocenters. The molecule has 1 N–H and O–H groups in total. The lowest BCUT2D eigenvalue weighted by atomic mass is 10.1. The number of carbonyl (C=O) groups is 1. The monoisotopic (exact) mass is 362 g/mol. The maximum absolute atomic E-state index is 12.5. The summed E-state index contributed by atoms with van der Waals surface area (Å²) in [6, 6.07) is 15.5. The molecule has 0 spiro atoms. The number of anilines is 1. The molecule has 128 valence electrons. The van der Waals surface area contributed by atoms with E-state index < -0.39 is 10.8 Å². The topological polar surface area (TPSA) is 72.2 Å². The van der Waals surface area contributed by atoms with Crippen LogP contribution < -0.4 is 5.32 Å². The smallest absolute Gasteiger partial charge is 0.273 e. The second-order valence-corrected chi connectivity index (χ2v) is 6.42. The SMILES string of the molecule is Cc1c(C(=O)Nc2cccc(C#Cc3cccs3)c2)cccc1[N+](=O)[O-]. The Balaban J connectivity index is 1.81. The zero-order valence-electron chi connectivity index (χ0n) is 13.9. The van der Waals surface area contributed by atoms with Crippen molar-refractivity contribution in [3.63, 3.8) is 0 Å². The van der Waals surface area contributed by atoms with Crippen LogP contribution in [-0.2, 0) is 0 Å².